The molecule has 176 valence electrons. The lowest BCUT2D eigenvalue weighted by Gasteiger charge is -2.31. The van der Waals surface area contributed by atoms with Crippen LogP contribution in [-0.2, 0) is 28.5 Å². The second kappa shape index (κ2) is 13.9. The summed E-state index contributed by atoms with van der Waals surface area (Å²) in [6, 6.07) is 0. The Morgan fingerprint density at radius 1 is 1.00 bits per heavy atom. The van der Waals surface area contributed by atoms with E-state index in [4.69, 9.17) is 18.9 Å². The third-order valence-electron chi connectivity index (χ3n) is 5.54. The molecule has 7 unspecified atom stereocenters. The Morgan fingerprint density at radius 3 is 2.30 bits per heavy atom. The van der Waals surface area contributed by atoms with Crippen LogP contribution in [0.5, 0.6) is 0 Å². The van der Waals surface area contributed by atoms with Crippen molar-refractivity contribution >= 4 is 11.9 Å². The summed E-state index contributed by atoms with van der Waals surface area (Å²) in [4.78, 5) is 24.4. The van der Waals surface area contributed by atoms with Crippen molar-refractivity contribution in [3.63, 3.8) is 0 Å². The number of rotatable bonds is 13. The Morgan fingerprint density at radius 2 is 1.70 bits per heavy atom. The van der Waals surface area contributed by atoms with Gasteiger partial charge in [0.1, 0.15) is 18.8 Å². The number of esters is 2. The van der Waals surface area contributed by atoms with Crippen molar-refractivity contribution in [2.75, 3.05) is 27.4 Å². The zero-order valence-electron chi connectivity index (χ0n) is 18.5. The Kier molecular flexibility index (Phi) is 12.4. The molecule has 1 rings (SSSR count). The highest BCUT2D eigenvalue weighted by atomic mass is 16.6. The van der Waals surface area contributed by atoms with E-state index >= 15 is 0 Å². The van der Waals surface area contributed by atoms with Crippen molar-refractivity contribution in [3.05, 3.63) is 0 Å². The van der Waals surface area contributed by atoms with Crippen LogP contribution in [0.15, 0.2) is 0 Å². The summed E-state index contributed by atoms with van der Waals surface area (Å²) in [5.41, 5.74) is 0. The average Bonchev–Trinajstić information content (AvgIpc) is 2.73. The van der Waals surface area contributed by atoms with E-state index < -0.39 is 48.4 Å². The number of hydrogen-bond acceptors (Lipinski definition) is 9. The van der Waals surface area contributed by atoms with Crippen molar-refractivity contribution < 1.29 is 43.9 Å². The maximum atomic E-state index is 12.5. The minimum Gasteiger partial charge on any atom is -0.469 e. The first kappa shape index (κ1) is 26.8. The van der Waals surface area contributed by atoms with E-state index in [0.29, 0.717) is 25.2 Å². The van der Waals surface area contributed by atoms with Gasteiger partial charge in [-0.25, -0.2) is 0 Å². The highest BCUT2D eigenvalue weighted by Crippen LogP contribution is 2.35. The molecule has 1 aliphatic carbocycles. The van der Waals surface area contributed by atoms with Gasteiger partial charge >= 0.3 is 11.9 Å². The van der Waals surface area contributed by atoms with Gasteiger partial charge in [-0.2, -0.15) is 0 Å². The molecule has 0 amide bonds. The lowest BCUT2D eigenvalue weighted by atomic mass is 9.74. The molecular weight excluding hydrogens is 396 g/mol. The lowest BCUT2D eigenvalue weighted by molar-refractivity contribution is -0.193. The largest absolute Gasteiger partial charge is 0.469 e. The molecule has 1 fully saturated rings. The van der Waals surface area contributed by atoms with E-state index in [1.807, 2.05) is 13.8 Å². The zero-order valence-corrected chi connectivity index (χ0v) is 18.5. The number of ether oxygens (including phenoxy) is 4. The molecule has 0 spiro atoms. The first-order valence-corrected chi connectivity index (χ1v) is 10.7. The first-order valence-electron chi connectivity index (χ1n) is 10.7. The molecule has 9 heteroatoms. The average molecular weight is 435 g/mol. The van der Waals surface area contributed by atoms with E-state index in [1.54, 1.807) is 0 Å². The minimum absolute atomic E-state index is 0.200. The maximum Gasteiger partial charge on any atom is 0.309 e. The number of aliphatic hydroxyl groups excluding tert-OH is 3. The fourth-order valence-corrected chi connectivity index (χ4v) is 3.77. The normalized spacial score (nSPS) is 25.8. The number of carbonyl (C=O) groups is 2. The summed E-state index contributed by atoms with van der Waals surface area (Å²) in [5, 5.41) is 30.0. The van der Waals surface area contributed by atoms with E-state index in [-0.39, 0.29) is 19.6 Å². The van der Waals surface area contributed by atoms with E-state index in [2.05, 4.69) is 0 Å². The van der Waals surface area contributed by atoms with Gasteiger partial charge in [0.05, 0.1) is 31.7 Å². The van der Waals surface area contributed by atoms with Gasteiger partial charge in [0.25, 0.3) is 0 Å². The van der Waals surface area contributed by atoms with Crippen LogP contribution in [0.4, 0.5) is 0 Å². The predicted octanol–water partition coefficient (Wildman–Crippen LogP) is 1.02. The molecule has 0 aromatic carbocycles. The molecular formula is C21H38O9. The quantitative estimate of drug-likeness (QED) is 0.287. The molecule has 0 aromatic heterocycles. The highest BCUT2D eigenvalue weighted by molar-refractivity contribution is 5.82. The second-order valence-corrected chi connectivity index (χ2v) is 8.11. The molecule has 7 atom stereocenters. The van der Waals surface area contributed by atoms with Crippen molar-refractivity contribution in [2.24, 2.45) is 17.8 Å². The molecule has 0 radical (unpaired) electrons. The Balaban J connectivity index is 2.45. The third kappa shape index (κ3) is 8.85. The van der Waals surface area contributed by atoms with Crippen molar-refractivity contribution in [1.82, 2.24) is 0 Å². The second-order valence-electron chi connectivity index (χ2n) is 8.11. The summed E-state index contributed by atoms with van der Waals surface area (Å²) in [7, 11) is 2.70. The highest BCUT2D eigenvalue weighted by Gasteiger charge is 2.40. The van der Waals surface area contributed by atoms with Crippen molar-refractivity contribution in [2.45, 2.75) is 77.0 Å². The van der Waals surface area contributed by atoms with Gasteiger partial charge in [0, 0.05) is 13.5 Å². The fraction of sp³-hybridized carbons (Fsp3) is 0.905. The van der Waals surface area contributed by atoms with Gasteiger partial charge in [-0.1, -0.05) is 20.3 Å². The molecule has 0 aromatic rings. The van der Waals surface area contributed by atoms with Gasteiger partial charge in [-0.3, -0.25) is 9.59 Å². The molecule has 1 aliphatic rings. The summed E-state index contributed by atoms with van der Waals surface area (Å²) in [6.45, 7) is 3.36. The topological polar surface area (TPSA) is 132 Å². The smallest absolute Gasteiger partial charge is 0.309 e. The standard InChI is InChI=1S/C21H38O9/c1-5-6-14(22)10-18(27-3)21(26)30-12-15(23)11-29-20(25)17-9-13(2)7-8-16(17)19(24)28-4/h13-18,21-23,26H,5-12H2,1-4H3. The molecule has 1 saturated carbocycles. The van der Waals surface area contributed by atoms with Crippen molar-refractivity contribution in [1.29, 1.82) is 0 Å². The van der Waals surface area contributed by atoms with Crippen LogP contribution in [0.25, 0.3) is 0 Å². The molecule has 0 bridgehead atoms. The molecule has 3 N–H and O–H groups in total. The van der Waals surface area contributed by atoms with Crippen LogP contribution >= 0.6 is 0 Å². The lowest BCUT2D eigenvalue weighted by Crippen LogP contribution is -2.39. The number of methoxy groups -OCH3 is 2. The van der Waals surface area contributed by atoms with Gasteiger partial charge in [-0.15, -0.1) is 0 Å². The van der Waals surface area contributed by atoms with Crippen molar-refractivity contribution in [3.8, 4) is 0 Å². The molecule has 30 heavy (non-hydrogen) atoms. The molecule has 0 heterocycles. The SMILES string of the molecule is CCCC(O)CC(OC)C(O)OCC(O)COC(=O)C1CC(C)CCC1C(=O)OC. The fourth-order valence-electron chi connectivity index (χ4n) is 3.77. The zero-order chi connectivity index (χ0) is 22.7. The number of hydrogen-bond donors (Lipinski definition) is 3. The summed E-state index contributed by atoms with van der Waals surface area (Å²) >= 11 is 0. The summed E-state index contributed by atoms with van der Waals surface area (Å²) in [6.07, 6.45) is -0.346. The van der Waals surface area contributed by atoms with E-state index in [1.165, 1.54) is 14.2 Å². The van der Waals surface area contributed by atoms with E-state index in [0.717, 1.165) is 12.8 Å². The maximum absolute atomic E-state index is 12.5. The number of aliphatic hydroxyl groups is 3. The van der Waals surface area contributed by atoms with E-state index in [9.17, 15) is 24.9 Å². The van der Waals surface area contributed by atoms with Gasteiger partial charge in [0.15, 0.2) is 6.29 Å². The number of carbonyl (C=O) groups excluding carboxylic acids is 2. The summed E-state index contributed by atoms with van der Waals surface area (Å²) in [5.74, 6) is -1.81. The molecule has 0 saturated heterocycles. The predicted molar refractivity (Wildman–Crippen MR) is 107 cm³/mol. The van der Waals surface area contributed by atoms with Crippen LogP contribution in [0.2, 0.25) is 0 Å². The van der Waals surface area contributed by atoms with Crippen LogP contribution in [0.1, 0.15) is 52.4 Å². The monoisotopic (exact) mass is 434 g/mol. The molecule has 9 nitrogen and oxygen atoms in total. The Bertz CT molecular complexity index is 513. The van der Waals surface area contributed by atoms with Gasteiger partial charge in [0.2, 0.25) is 0 Å². The van der Waals surface area contributed by atoms with Crippen LogP contribution < -0.4 is 0 Å². The third-order valence-corrected chi connectivity index (χ3v) is 5.54. The first-order chi connectivity index (χ1) is 14.2. The Labute approximate surface area is 178 Å². The minimum atomic E-state index is -1.34. The van der Waals surface area contributed by atoms with Crippen LogP contribution in [-0.4, -0.2) is 79.3 Å². The van der Waals surface area contributed by atoms with Crippen LogP contribution in [0, 0.1) is 17.8 Å². The van der Waals surface area contributed by atoms with Crippen LogP contribution in [0.3, 0.4) is 0 Å². The Hall–Kier alpha value is -1.26. The summed E-state index contributed by atoms with van der Waals surface area (Å²) < 4.78 is 20.4. The molecule has 0 aliphatic heterocycles. The van der Waals surface area contributed by atoms with Gasteiger partial charge < -0.3 is 34.3 Å². The van der Waals surface area contributed by atoms with Gasteiger partial charge in [-0.05, 0) is 31.6 Å².